The van der Waals surface area contributed by atoms with Crippen LogP contribution in [0.5, 0.6) is 0 Å². The van der Waals surface area contributed by atoms with E-state index in [0.29, 0.717) is 0 Å². The first kappa shape index (κ1) is 18.5. The van der Waals surface area contributed by atoms with Crippen LogP contribution < -0.4 is 0 Å². The minimum absolute atomic E-state index is 0. The maximum atomic E-state index is 10.3. The first-order valence-corrected chi connectivity index (χ1v) is 6.65. The van der Waals surface area contributed by atoms with Crippen LogP contribution in [0.15, 0.2) is 0 Å². The Balaban J connectivity index is 0. The van der Waals surface area contributed by atoms with Crippen molar-refractivity contribution in [1.29, 1.82) is 0 Å². The molecule has 6 heteroatoms. The third kappa shape index (κ3) is 17.7. The van der Waals surface area contributed by atoms with Crippen molar-refractivity contribution in [1.82, 2.24) is 0 Å². The SMILES string of the molecule is CC(C)CCCCCCOP(=O)(O)O.[NaH]. The summed E-state index contributed by atoms with van der Waals surface area (Å²) < 4.78 is 14.6. The van der Waals surface area contributed by atoms with E-state index in [-0.39, 0.29) is 36.2 Å². The molecule has 0 unspecified atom stereocenters. The first-order chi connectivity index (χ1) is 6.42. The van der Waals surface area contributed by atoms with E-state index in [4.69, 9.17) is 9.79 Å². The van der Waals surface area contributed by atoms with Gasteiger partial charge in [-0.15, -0.1) is 0 Å². The summed E-state index contributed by atoms with van der Waals surface area (Å²) in [5.74, 6) is 0.737. The summed E-state index contributed by atoms with van der Waals surface area (Å²) in [5.41, 5.74) is 0. The van der Waals surface area contributed by atoms with Crippen LogP contribution in [-0.4, -0.2) is 46.0 Å². The maximum absolute atomic E-state index is 10.3. The van der Waals surface area contributed by atoms with E-state index in [1.54, 1.807) is 0 Å². The second-order valence-electron chi connectivity index (χ2n) is 3.92. The molecule has 0 aliphatic rings. The molecule has 4 nitrogen and oxygen atoms in total. The van der Waals surface area contributed by atoms with E-state index in [1.165, 1.54) is 12.8 Å². The van der Waals surface area contributed by atoms with Gasteiger partial charge in [0, 0.05) is 0 Å². The van der Waals surface area contributed by atoms with E-state index < -0.39 is 7.82 Å². The molecule has 0 amide bonds. The minimum atomic E-state index is -4.24. The molecule has 0 radical (unpaired) electrons. The third-order valence-corrected chi connectivity index (χ3v) is 2.45. The standard InChI is InChI=1S/C9H21O4P.Na.H/c1-9(2)7-5-3-4-6-8-13-14(10,11)12;;/h9H,3-8H2,1-2H3,(H2,10,11,12);;. The van der Waals surface area contributed by atoms with E-state index in [2.05, 4.69) is 18.4 Å². The van der Waals surface area contributed by atoms with Crippen LogP contribution in [0.4, 0.5) is 0 Å². The van der Waals surface area contributed by atoms with Gasteiger partial charge >= 0.3 is 37.4 Å². The second kappa shape index (κ2) is 10.3. The predicted octanol–water partition coefficient (Wildman–Crippen LogP) is 2.05. The normalized spacial score (nSPS) is 11.5. The quantitative estimate of drug-likeness (QED) is 0.392. The molecular formula is C9H22NaO4P. The summed E-state index contributed by atoms with van der Waals surface area (Å²) >= 11 is 0. The fourth-order valence-electron chi connectivity index (χ4n) is 1.19. The van der Waals surface area contributed by atoms with E-state index in [9.17, 15) is 4.57 Å². The number of phosphoric ester groups is 1. The van der Waals surface area contributed by atoms with E-state index >= 15 is 0 Å². The fraction of sp³-hybridized carbons (Fsp3) is 1.00. The van der Waals surface area contributed by atoms with Gasteiger partial charge in [-0.05, 0) is 12.3 Å². The molecular weight excluding hydrogens is 226 g/mol. The molecule has 0 heterocycles. The van der Waals surface area contributed by atoms with Gasteiger partial charge in [-0.1, -0.05) is 39.5 Å². The Labute approximate surface area is 114 Å². The molecule has 0 aliphatic carbocycles. The van der Waals surface area contributed by atoms with Crippen LogP contribution in [0, 0.1) is 5.92 Å². The summed E-state index contributed by atoms with van der Waals surface area (Å²) in [4.78, 5) is 16.8. The van der Waals surface area contributed by atoms with Gasteiger partial charge in [0.25, 0.3) is 0 Å². The number of rotatable bonds is 8. The number of unbranched alkanes of at least 4 members (excludes halogenated alkanes) is 3. The van der Waals surface area contributed by atoms with Gasteiger partial charge in [0.05, 0.1) is 6.61 Å². The third-order valence-electron chi connectivity index (χ3n) is 1.94. The van der Waals surface area contributed by atoms with Crippen molar-refractivity contribution >= 4 is 37.4 Å². The molecule has 0 saturated heterocycles. The average Bonchev–Trinajstić information content (AvgIpc) is 2.00. The zero-order chi connectivity index (χ0) is 11.0. The Morgan fingerprint density at radius 1 is 1.13 bits per heavy atom. The van der Waals surface area contributed by atoms with Gasteiger partial charge < -0.3 is 9.79 Å². The second-order valence-corrected chi connectivity index (χ2v) is 5.16. The fourth-order valence-corrected chi connectivity index (χ4v) is 1.56. The summed E-state index contributed by atoms with van der Waals surface area (Å²) in [7, 11) is -4.24. The van der Waals surface area contributed by atoms with Crippen LogP contribution in [0.1, 0.15) is 46.0 Å². The van der Waals surface area contributed by atoms with Crippen LogP contribution in [-0.2, 0) is 9.09 Å². The Morgan fingerprint density at radius 3 is 2.13 bits per heavy atom. The molecule has 0 aromatic carbocycles. The van der Waals surface area contributed by atoms with E-state index in [0.717, 1.165) is 25.2 Å². The zero-order valence-electron chi connectivity index (χ0n) is 8.98. The average molecular weight is 248 g/mol. The van der Waals surface area contributed by atoms with Gasteiger partial charge in [-0.3, -0.25) is 4.52 Å². The van der Waals surface area contributed by atoms with Crippen molar-refractivity contribution in [3.63, 3.8) is 0 Å². The molecule has 0 spiro atoms. The van der Waals surface area contributed by atoms with Crippen molar-refractivity contribution in [3.05, 3.63) is 0 Å². The predicted molar refractivity (Wildman–Crippen MR) is 63.1 cm³/mol. The number of hydrogen-bond acceptors (Lipinski definition) is 2. The van der Waals surface area contributed by atoms with Crippen molar-refractivity contribution in [2.45, 2.75) is 46.0 Å². The van der Waals surface area contributed by atoms with Crippen LogP contribution in [0.3, 0.4) is 0 Å². The molecule has 0 aliphatic heterocycles. The summed E-state index contributed by atoms with van der Waals surface area (Å²) in [5, 5.41) is 0. The molecule has 0 fully saturated rings. The van der Waals surface area contributed by atoms with Crippen LogP contribution in [0.25, 0.3) is 0 Å². The van der Waals surface area contributed by atoms with Crippen molar-refractivity contribution in [3.8, 4) is 0 Å². The Hall–Kier alpha value is 1.11. The van der Waals surface area contributed by atoms with Crippen LogP contribution in [0.2, 0.25) is 0 Å². The van der Waals surface area contributed by atoms with Crippen LogP contribution >= 0.6 is 7.82 Å². The Kier molecular flexibility index (Phi) is 12.7. The molecule has 0 aromatic rings. The van der Waals surface area contributed by atoms with Crippen molar-refractivity contribution < 1.29 is 18.9 Å². The summed E-state index contributed by atoms with van der Waals surface area (Å²) in [6.45, 7) is 4.54. The van der Waals surface area contributed by atoms with Gasteiger partial charge in [0.15, 0.2) is 0 Å². The molecule has 0 atom stereocenters. The summed E-state index contributed by atoms with van der Waals surface area (Å²) in [6, 6.07) is 0. The molecule has 0 bridgehead atoms. The topological polar surface area (TPSA) is 66.8 Å². The molecule has 0 rings (SSSR count). The van der Waals surface area contributed by atoms with Crippen molar-refractivity contribution in [2.24, 2.45) is 5.92 Å². The molecule has 2 N–H and O–H groups in total. The molecule has 15 heavy (non-hydrogen) atoms. The molecule has 88 valence electrons. The van der Waals surface area contributed by atoms with Gasteiger partial charge in [-0.2, -0.15) is 0 Å². The monoisotopic (exact) mass is 248 g/mol. The number of hydrogen-bond donors (Lipinski definition) is 2. The zero-order valence-corrected chi connectivity index (χ0v) is 9.87. The van der Waals surface area contributed by atoms with Gasteiger partial charge in [0.2, 0.25) is 0 Å². The molecule has 0 aromatic heterocycles. The Bertz CT molecular complexity index is 181. The van der Waals surface area contributed by atoms with Gasteiger partial charge in [-0.25, -0.2) is 4.57 Å². The summed E-state index contributed by atoms with van der Waals surface area (Å²) in [6.07, 6.45) is 5.23. The number of phosphoric acid groups is 1. The van der Waals surface area contributed by atoms with E-state index in [1.807, 2.05) is 0 Å². The van der Waals surface area contributed by atoms with Crippen molar-refractivity contribution in [2.75, 3.05) is 6.61 Å². The molecule has 0 saturated carbocycles. The van der Waals surface area contributed by atoms with Gasteiger partial charge in [0.1, 0.15) is 0 Å². The first-order valence-electron chi connectivity index (χ1n) is 5.12. The Morgan fingerprint density at radius 2 is 1.67 bits per heavy atom.